The number of rotatable bonds is 7. The van der Waals surface area contributed by atoms with Crippen molar-refractivity contribution in [1.82, 2.24) is 4.90 Å². The Morgan fingerprint density at radius 1 is 1.12 bits per heavy atom. The molecule has 5 N–H and O–H groups in total. The van der Waals surface area contributed by atoms with Gasteiger partial charge in [0.1, 0.15) is 12.4 Å². The lowest BCUT2D eigenvalue weighted by atomic mass is 9.69. The van der Waals surface area contributed by atoms with Crippen molar-refractivity contribution in [3.8, 4) is 5.75 Å². The van der Waals surface area contributed by atoms with Crippen molar-refractivity contribution in [3.05, 3.63) is 99.1 Å². The van der Waals surface area contributed by atoms with E-state index in [9.17, 15) is 9.90 Å². The van der Waals surface area contributed by atoms with Crippen LogP contribution in [0.15, 0.2) is 60.7 Å². The highest BCUT2D eigenvalue weighted by atomic mass is 35.5. The summed E-state index contributed by atoms with van der Waals surface area (Å²) in [5.74, 6) is 5.57. The Bertz CT molecular complexity index is 1670. The zero-order valence-electron chi connectivity index (χ0n) is 24.9. The first-order chi connectivity index (χ1) is 19.9. The minimum atomic E-state index is -1.10. The highest BCUT2D eigenvalue weighted by Crippen LogP contribution is 2.45. The minimum absolute atomic E-state index is 0.438. The number of hydrazine groups is 1. The van der Waals surface area contributed by atoms with Gasteiger partial charge in [0.05, 0.1) is 16.8 Å². The van der Waals surface area contributed by atoms with Crippen molar-refractivity contribution in [2.24, 2.45) is 11.3 Å². The van der Waals surface area contributed by atoms with Crippen LogP contribution in [0.5, 0.6) is 5.75 Å². The van der Waals surface area contributed by atoms with Crippen molar-refractivity contribution in [2.75, 3.05) is 30.9 Å². The highest BCUT2D eigenvalue weighted by molar-refractivity contribution is 6.36. The number of hydrogen-bond donors (Lipinski definition) is 3. The van der Waals surface area contributed by atoms with Crippen LogP contribution in [0.1, 0.15) is 53.1 Å². The normalized spacial score (nSPS) is 14.6. The van der Waals surface area contributed by atoms with Crippen LogP contribution in [-0.4, -0.2) is 36.2 Å². The molecular weight excluding hydrogens is 548 g/mol. The standard InChI is InChI=1S/C34H39ClN4O3/c1-20-10-11-22(30(34(3,4)33(40)41)25-12-13-29(38(5)37)31(36)21(25)2)16-23(20)18-39-14-15-42-32-24(19-39)17-28(35)26-8-6-7-9-27(26)32/h6-13,16-17,30H,14-15,18-19,36-37H2,1-5H3,(H,40,41). The number of aryl methyl sites for hydroxylation is 1. The molecule has 0 fully saturated rings. The molecule has 1 unspecified atom stereocenters. The van der Waals surface area contributed by atoms with Crippen molar-refractivity contribution in [2.45, 2.75) is 46.7 Å². The monoisotopic (exact) mass is 586 g/mol. The van der Waals surface area contributed by atoms with Crippen molar-refractivity contribution in [1.29, 1.82) is 0 Å². The Balaban J connectivity index is 1.53. The van der Waals surface area contributed by atoms with E-state index in [1.807, 2.05) is 49.4 Å². The van der Waals surface area contributed by atoms with Crippen LogP contribution >= 0.6 is 11.6 Å². The summed E-state index contributed by atoms with van der Waals surface area (Å²) < 4.78 is 6.27. The lowest BCUT2D eigenvalue weighted by molar-refractivity contribution is -0.147. The molecule has 0 radical (unpaired) electrons. The van der Waals surface area contributed by atoms with Gasteiger partial charge in [0, 0.05) is 54.0 Å². The van der Waals surface area contributed by atoms with E-state index in [4.69, 9.17) is 27.9 Å². The Labute approximate surface area is 252 Å². The Hall–Kier alpha value is -3.78. The number of nitrogen functional groups attached to an aromatic ring is 1. The van der Waals surface area contributed by atoms with Crippen LogP contribution in [0.4, 0.5) is 11.4 Å². The molecule has 4 aromatic carbocycles. The molecule has 0 saturated carbocycles. The molecule has 4 aromatic rings. The lowest BCUT2D eigenvalue weighted by Crippen LogP contribution is -2.33. The fourth-order valence-electron chi connectivity index (χ4n) is 6.12. The number of anilines is 2. The van der Waals surface area contributed by atoms with Crippen LogP contribution in [0.3, 0.4) is 0 Å². The number of carboxylic acids is 1. The zero-order valence-corrected chi connectivity index (χ0v) is 25.6. The fraction of sp³-hybridized carbons (Fsp3) is 0.324. The molecule has 1 atom stereocenters. The second kappa shape index (κ2) is 11.5. The molecule has 1 aliphatic heterocycles. The number of nitrogens with zero attached hydrogens (tertiary/aromatic N) is 2. The number of aliphatic carboxylic acids is 1. The van der Waals surface area contributed by atoms with E-state index in [0.29, 0.717) is 36.1 Å². The SMILES string of the molecule is Cc1ccc(C(c2ccc(N(C)N)c(N)c2C)C(C)(C)C(=O)O)cc1CN1CCOc2c(cc(Cl)c3ccccc23)C1. The second-order valence-electron chi connectivity index (χ2n) is 11.9. The van der Waals surface area contributed by atoms with Gasteiger partial charge in [-0.25, -0.2) is 5.84 Å². The lowest BCUT2D eigenvalue weighted by Gasteiger charge is -2.34. The van der Waals surface area contributed by atoms with E-state index < -0.39 is 17.3 Å². The second-order valence-corrected chi connectivity index (χ2v) is 12.3. The number of carbonyl (C=O) groups is 1. The molecule has 7 nitrogen and oxygen atoms in total. The smallest absolute Gasteiger partial charge is 0.310 e. The van der Waals surface area contributed by atoms with Gasteiger partial charge in [0.2, 0.25) is 0 Å². The van der Waals surface area contributed by atoms with E-state index >= 15 is 0 Å². The van der Waals surface area contributed by atoms with Gasteiger partial charge in [-0.2, -0.15) is 0 Å². The largest absolute Gasteiger partial charge is 0.491 e. The van der Waals surface area contributed by atoms with Gasteiger partial charge in [0.25, 0.3) is 0 Å². The third kappa shape index (κ3) is 5.40. The first-order valence-electron chi connectivity index (χ1n) is 14.2. The average molecular weight is 587 g/mol. The van der Waals surface area contributed by atoms with E-state index in [-0.39, 0.29) is 0 Å². The molecule has 8 heteroatoms. The molecule has 0 aliphatic carbocycles. The van der Waals surface area contributed by atoms with Crippen molar-refractivity contribution < 1.29 is 14.6 Å². The minimum Gasteiger partial charge on any atom is -0.491 e. The molecule has 0 saturated heterocycles. The van der Waals surface area contributed by atoms with E-state index in [1.54, 1.807) is 20.9 Å². The van der Waals surface area contributed by atoms with Gasteiger partial charge in [0.15, 0.2) is 0 Å². The summed E-state index contributed by atoms with van der Waals surface area (Å²) in [7, 11) is 1.73. The molecule has 0 bridgehead atoms. The van der Waals surface area contributed by atoms with Gasteiger partial charge in [-0.05, 0) is 67.6 Å². The van der Waals surface area contributed by atoms with E-state index in [0.717, 1.165) is 56.4 Å². The predicted octanol–water partition coefficient (Wildman–Crippen LogP) is 6.64. The van der Waals surface area contributed by atoms with Crippen molar-refractivity contribution >= 4 is 39.7 Å². The van der Waals surface area contributed by atoms with E-state index in [1.165, 1.54) is 5.01 Å². The Morgan fingerprint density at radius 2 is 1.83 bits per heavy atom. The summed E-state index contributed by atoms with van der Waals surface area (Å²) in [5.41, 5.74) is 12.6. The van der Waals surface area contributed by atoms with Crippen molar-refractivity contribution in [3.63, 3.8) is 0 Å². The van der Waals surface area contributed by atoms with Gasteiger partial charge in [-0.15, -0.1) is 0 Å². The fourth-order valence-corrected chi connectivity index (χ4v) is 6.42. The summed E-state index contributed by atoms with van der Waals surface area (Å²) in [5, 5.41) is 14.6. The number of ether oxygens (including phenoxy) is 1. The Morgan fingerprint density at radius 3 is 2.52 bits per heavy atom. The summed E-state index contributed by atoms with van der Waals surface area (Å²) >= 11 is 6.67. The first-order valence-corrected chi connectivity index (χ1v) is 14.5. The van der Waals surface area contributed by atoms with Gasteiger partial charge in [-0.3, -0.25) is 9.69 Å². The third-order valence-electron chi connectivity index (χ3n) is 8.67. The molecule has 1 aliphatic rings. The number of hydrogen-bond acceptors (Lipinski definition) is 6. The number of halogens is 1. The molecule has 0 amide bonds. The first kappa shape index (κ1) is 29.7. The van der Waals surface area contributed by atoms with Gasteiger partial charge in [-0.1, -0.05) is 60.1 Å². The number of benzene rings is 4. The average Bonchev–Trinajstić information content (AvgIpc) is 3.14. The molecular formula is C34H39ClN4O3. The molecule has 1 heterocycles. The highest BCUT2D eigenvalue weighted by Gasteiger charge is 2.40. The van der Waals surface area contributed by atoms with Crippen LogP contribution in [0.2, 0.25) is 5.02 Å². The maximum atomic E-state index is 12.6. The van der Waals surface area contributed by atoms with Crippen LogP contribution in [-0.2, 0) is 17.9 Å². The number of carboxylic acid groups (broad SMARTS) is 1. The predicted molar refractivity (Wildman–Crippen MR) is 171 cm³/mol. The zero-order chi connectivity index (χ0) is 30.3. The molecule has 5 rings (SSSR count). The van der Waals surface area contributed by atoms with Crippen LogP contribution < -0.4 is 21.3 Å². The van der Waals surface area contributed by atoms with E-state index in [2.05, 4.69) is 30.0 Å². The summed E-state index contributed by atoms with van der Waals surface area (Å²) in [6.45, 7) is 10.3. The maximum Gasteiger partial charge on any atom is 0.310 e. The third-order valence-corrected chi connectivity index (χ3v) is 8.98. The summed E-state index contributed by atoms with van der Waals surface area (Å²) in [4.78, 5) is 15.0. The molecule has 220 valence electrons. The topological polar surface area (TPSA) is 105 Å². The number of nitrogens with two attached hydrogens (primary N) is 2. The quantitative estimate of drug-likeness (QED) is 0.127. The van der Waals surface area contributed by atoms with Crippen LogP contribution in [0, 0.1) is 19.3 Å². The molecule has 0 aromatic heterocycles. The maximum absolute atomic E-state index is 12.6. The number of fused-ring (bicyclic) bond motifs is 3. The van der Waals surface area contributed by atoms with Gasteiger partial charge >= 0.3 is 5.97 Å². The summed E-state index contributed by atoms with van der Waals surface area (Å²) in [6, 6.07) is 20.2. The Kier molecular flexibility index (Phi) is 8.12. The van der Waals surface area contributed by atoms with Gasteiger partial charge < -0.3 is 20.6 Å². The molecule has 0 spiro atoms. The van der Waals surface area contributed by atoms with Crippen LogP contribution in [0.25, 0.3) is 10.8 Å². The molecule has 42 heavy (non-hydrogen) atoms. The summed E-state index contributed by atoms with van der Waals surface area (Å²) in [6.07, 6.45) is 0.